The first-order chi connectivity index (χ1) is 9.75. The van der Waals surface area contributed by atoms with Gasteiger partial charge < -0.3 is 15.5 Å². The molecule has 0 aromatic carbocycles. The van der Waals surface area contributed by atoms with Gasteiger partial charge in [-0.1, -0.05) is 6.92 Å². The van der Waals surface area contributed by atoms with Gasteiger partial charge in [0.05, 0.1) is 10.6 Å². The molecule has 0 bridgehead atoms. The number of carbonyl (C=O) groups is 1. The number of likely N-dealkylation sites (N-methyl/N-ethyl adjacent to an activating group) is 1. The number of nitrogen functional groups attached to an aromatic ring is 1. The predicted octanol–water partition coefficient (Wildman–Crippen LogP) is 1.08. The van der Waals surface area contributed by atoms with Crippen LogP contribution in [0.4, 0.5) is 10.7 Å². The van der Waals surface area contributed by atoms with Crippen LogP contribution in [0.3, 0.4) is 0 Å². The number of ketones is 1. The Labute approximate surface area is 129 Å². The number of piperazine rings is 1. The number of nitrogens with two attached hydrogens (primary N) is 1. The molecular weight excluding hydrogens is 310 g/mol. The third kappa shape index (κ3) is 3.22. The van der Waals surface area contributed by atoms with Gasteiger partial charge in [0, 0.05) is 39.4 Å². The third-order valence-electron chi connectivity index (χ3n) is 3.68. The van der Waals surface area contributed by atoms with Crippen LogP contribution in [0.15, 0.2) is 4.90 Å². The SMILES string of the molecule is CCN1CCN(c2sc(C(C)=O)c(N)c2S(C)(=O)=O)CC1. The fourth-order valence-corrected chi connectivity index (χ4v) is 5.17. The summed E-state index contributed by atoms with van der Waals surface area (Å²) in [4.78, 5) is 16.4. The molecular formula is C13H21N3O3S2. The molecule has 1 aliphatic heterocycles. The first-order valence-electron chi connectivity index (χ1n) is 6.86. The zero-order chi connectivity index (χ0) is 15.8. The summed E-state index contributed by atoms with van der Waals surface area (Å²) >= 11 is 1.19. The second-order valence-electron chi connectivity index (χ2n) is 5.23. The Morgan fingerprint density at radius 1 is 1.29 bits per heavy atom. The van der Waals surface area contributed by atoms with Crippen molar-refractivity contribution in [3.63, 3.8) is 0 Å². The molecule has 0 atom stereocenters. The Kier molecular flexibility index (Phi) is 4.60. The van der Waals surface area contributed by atoms with Gasteiger partial charge in [-0.15, -0.1) is 11.3 Å². The molecule has 1 aromatic heterocycles. The molecule has 1 fully saturated rings. The van der Waals surface area contributed by atoms with Crippen LogP contribution < -0.4 is 10.6 Å². The molecule has 0 unspecified atom stereocenters. The molecule has 21 heavy (non-hydrogen) atoms. The molecule has 1 saturated heterocycles. The van der Waals surface area contributed by atoms with Crippen LogP contribution in [0.1, 0.15) is 23.5 Å². The van der Waals surface area contributed by atoms with Crippen LogP contribution in [0.5, 0.6) is 0 Å². The fraction of sp³-hybridized carbons (Fsp3) is 0.615. The average molecular weight is 331 g/mol. The van der Waals surface area contributed by atoms with Crippen LogP contribution in [-0.4, -0.2) is 58.1 Å². The molecule has 0 amide bonds. The molecule has 6 nitrogen and oxygen atoms in total. The summed E-state index contributed by atoms with van der Waals surface area (Å²) in [6, 6.07) is 0. The van der Waals surface area contributed by atoms with E-state index < -0.39 is 9.84 Å². The first kappa shape index (κ1) is 16.3. The zero-order valence-corrected chi connectivity index (χ0v) is 14.2. The monoisotopic (exact) mass is 331 g/mol. The number of rotatable bonds is 4. The number of carbonyl (C=O) groups excluding carboxylic acids is 1. The van der Waals surface area contributed by atoms with E-state index in [1.165, 1.54) is 18.3 Å². The third-order valence-corrected chi connectivity index (χ3v) is 6.33. The second kappa shape index (κ2) is 5.94. The Morgan fingerprint density at radius 2 is 1.86 bits per heavy atom. The van der Waals surface area contributed by atoms with E-state index in [-0.39, 0.29) is 16.4 Å². The lowest BCUT2D eigenvalue weighted by molar-refractivity contribution is 0.102. The highest BCUT2D eigenvalue weighted by Crippen LogP contribution is 2.42. The van der Waals surface area contributed by atoms with Gasteiger partial charge in [0.1, 0.15) is 9.90 Å². The Balaban J connectivity index is 2.44. The highest BCUT2D eigenvalue weighted by atomic mass is 32.2. The number of Topliss-reactive ketones (excluding diaryl/α,β-unsaturated/α-hetero) is 1. The van der Waals surface area contributed by atoms with E-state index in [0.717, 1.165) is 39.0 Å². The minimum Gasteiger partial charge on any atom is -0.396 e. The molecule has 8 heteroatoms. The average Bonchev–Trinajstić information content (AvgIpc) is 2.76. The number of hydrogen-bond acceptors (Lipinski definition) is 7. The summed E-state index contributed by atoms with van der Waals surface area (Å²) in [5.74, 6) is -0.194. The zero-order valence-electron chi connectivity index (χ0n) is 12.5. The first-order valence-corrected chi connectivity index (χ1v) is 9.57. The lowest BCUT2D eigenvalue weighted by Gasteiger charge is -2.35. The second-order valence-corrected chi connectivity index (χ2v) is 8.18. The maximum Gasteiger partial charge on any atom is 0.180 e. The fourth-order valence-electron chi connectivity index (χ4n) is 2.51. The standard InChI is InChI=1S/C13H21N3O3S2/c1-4-15-5-7-16(8-6-15)13-12(21(3,18)19)10(14)11(20-13)9(2)17/h4-8,14H2,1-3H3. The maximum absolute atomic E-state index is 12.1. The van der Waals surface area contributed by atoms with E-state index in [1.54, 1.807) is 0 Å². The number of thiophene rings is 1. The van der Waals surface area contributed by atoms with Crippen LogP contribution in [0, 0.1) is 0 Å². The van der Waals surface area contributed by atoms with Crippen molar-refractivity contribution >= 4 is 37.6 Å². The molecule has 0 aliphatic carbocycles. The van der Waals surface area contributed by atoms with Crippen LogP contribution in [-0.2, 0) is 9.84 Å². The highest BCUT2D eigenvalue weighted by Gasteiger charge is 2.30. The minimum absolute atomic E-state index is 0.0999. The lowest BCUT2D eigenvalue weighted by Crippen LogP contribution is -2.46. The van der Waals surface area contributed by atoms with Crippen molar-refractivity contribution in [2.24, 2.45) is 0 Å². The number of sulfone groups is 1. The number of anilines is 2. The van der Waals surface area contributed by atoms with Crippen molar-refractivity contribution < 1.29 is 13.2 Å². The van der Waals surface area contributed by atoms with E-state index in [1.807, 2.05) is 4.90 Å². The summed E-state index contributed by atoms with van der Waals surface area (Å²) in [5, 5.41) is 0.607. The molecule has 2 heterocycles. The quantitative estimate of drug-likeness (QED) is 0.831. The smallest absolute Gasteiger partial charge is 0.180 e. The van der Waals surface area contributed by atoms with Crippen LogP contribution >= 0.6 is 11.3 Å². The molecule has 1 aromatic rings. The van der Waals surface area contributed by atoms with E-state index in [4.69, 9.17) is 5.73 Å². The van der Waals surface area contributed by atoms with Crippen LogP contribution in [0.2, 0.25) is 0 Å². The van der Waals surface area contributed by atoms with Crippen molar-refractivity contribution in [3.8, 4) is 0 Å². The molecule has 118 valence electrons. The van der Waals surface area contributed by atoms with Gasteiger partial charge in [0.15, 0.2) is 15.6 Å². The van der Waals surface area contributed by atoms with Gasteiger partial charge in [-0.2, -0.15) is 0 Å². The summed E-state index contributed by atoms with van der Waals surface area (Å²) in [6.45, 7) is 7.75. The predicted molar refractivity (Wildman–Crippen MR) is 86.2 cm³/mol. The van der Waals surface area contributed by atoms with Crippen molar-refractivity contribution in [2.75, 3.05) is 49.6 Å². The molecule has 2 rings (SSSR count). The summed E-state index contributed by atoms with van der Waals surface area (Å²) in [7, 11) is -3.47. The highest BCUT2D eigenvalue weighted by molar-refractivity contribution is 7.91. The molecule has 0 radical (unpaired) electrons. The topological polar surface area (TPSA) is 83.7 Å². The van der Waals surface area contributed by atoms with E-state index in [0.29, 0.717) is 9.88 Å². The summed E-state index contributed by atoms with van der Waals surface area (Å²) < 4.78 is 24.1. The van der Waals surface area contributed by atoms with Gasteiger partial charge in [-0.25, -0.2) is 8.42 Å². The maximum atomic E-state index is 12.1. The normalized spacial score (nSPS) is 17.2. The number of nitrogens with zero attached hydrogens (tertiary/aromatic N) is 2. The van der Waals surface area contributed by atoms with E-state index in [9.17, 15) is 13.2 Å². The van der Waals surface area contributed by atoms with Crippen molar-refractivity contribution in [1.29, 1.82) is 0 Å². The van der Waals surface area contributed by atoms with Gasteiger partial charge in [0.2, 0.25) is 0 Å². The van der Waals surface area contributed by atoms with E-state index >= 15 is 0 Å². The van der Waals surface area contributed by atoms with Gasteiger partial charge in [0.25, 0.3) is 0 Å². The van der Waals surface area contributed by atoms with Crippen molar-refractivity contribution in [2.45, 2.75) is 18.7 Å². The van der Waals surface area contributed by atoms with Crippen molar-refractivity contribution in [3.05, 3.63) is 4.88 Å². The Hall–Kier alpha value is -1.12. The molecule has 0 spiro atoms. The van der Waals surface area contributed by atoms with Crippen LogP contribution in [0.25, 0.3) is 0 Å². The Morgan fingerprint density at radius 3 is 2.29 bits per heavy atom. The summed E-state index contributed by atoms with van der Waals surface area (Å²) in [6.07, 6.45) is 1.14. The van der Waals surface area contributed by atoms with Gasteiger partial charge in [-0.05, 0) is 6.54 Å². The molecule has 1 aliphatic rings. The molecule has 2 N–H and O–H groups in total. The lowest BCUT2D eigenvalue weighted by atomic mass is 10.3. The summed E-state index contributed by atoms with van der Waals surface area (Å²) in [5.41, 5.74) is 6.02. The Bertz CT molecular complexity index is 644. The van der Waals surface area contributed by atoms with Gasteiger partial charge in [-0.3, -0.25) is 4.79 Å². The largest absolute Gasteiger partial charge is 0.396 e. The number of hydrogen-bond donors (Lipinski definition) is 1. The molecule has 0 saturated carbocycles. The van der Waals surface area contributed by atoms with E-state index in [2.05, 4.69) is 11.8 Å². The van der Waals surface area contributed by atoms with Gasteiger partial charge >= 0.3 is 0 Å². The minimum atomic E-state index is -3.47. The van der Waals surface area contributed by atoms with Crippen molar-refractivity contribution in [1.82, 2.24) is 4.90 Å².